The van der Waals surface area contributed by atoms with Crippen LogP contribution in [-0.4, -0.2) is 34.0 Å². The summed E-state index contributed by atoms with van der Waals surface area (Å²) in [6.45, 7) is 0. The minimum absolute atomic E-state index is 0.0233. The third-order valence-corrected chi connectivity index (χ3v) is 9.72. The zero-order chi connectivity index (χ0) is 19.7. The van der Waals surface area contributed by atoms with Crippen LogP contribution in [0.1, 0.15) is 109 Å². The highest BCUT2D eigenvalue weighted by Crippen LogP contribution is 2.64. The van der Waals surface area contributed by atoms with Gasteiger partial charge in [-0.25, -0.2) is 0 Å². The van der Waals surface area contributed by atoms with Gasteiger partial charge in [0.25, 0.3) is 0 Å². The predicted molar refractivity (Wildman–Crippen MR) is 109 cm³/mol. The molecule has 4 saturated carbocycles. The number of fused-ring (bicyclic) bond motifs is 2. The van der Waals surface area contributed by atoms with E-state index in [1.807, 2.05) is 0 Å². The first kappa shape index (κ1) is 19.0. The van der Waals surface area contributed by atoms with E-state index in [1.165, 1.54) is 38.5 Å². The Kier molecular flexibility index (Phi) is 4.18. The number of ketones is 2. The molecule has 0 aromatic carbocycles. The molecule has 0 aromatic rings. The van der Waals surface area contributed by atoms with Crippen molar-refractivity contribution in [1.29, 1.82) is 0 Å². The number of rotatable bonds is 2. The second kappa shape index (κ2) is 6.38. The number of Topliss-reactive ketones (excluding diaryl/α,β-unsaturated/α-hetero) is 2. The van der Waals surface area contributed by atoms with Crippen LogP contribution in [-0.2, 0) is 19.1 Å². The molecule has 6 rings (SSSR count). The minimum atomic E-state index is -0.480. The lowest BCUT2D eigenvalue weighted by molar-refractivity contribution is -0.135. The first-order valence-corrected chi connectivity index (χ1v) is 12.6. The Hall–Kier alpha value is -0.740. The number of ether oxygens (including phenoxy) is 2. The fourth-order valence-corrected chi connectivity index (χ4v) is 8.14. The van der Waals surface area contributed by atoms with E-state index in [0.29, 0.717) is 11.6 Å². The van der Waals surface area contributed by atoms with Crippen LogP contribution < -0.4 is 0 Å². The lowest BCUT2D eigenvalue weighted by atomic mass is 9.64. The summed E-state index contributed by atoms with van der Waals surface area (Å²) < 4.78 is 12.6. The third kappa shape index (κ3) is 2.51. The molecule has 0 aromatic heterocycles. The minimum Gasteiger partial charge on any atom is -0.354 e. The molecule has 6 fully saturated rings. The summed E-state index contributed by atoms with van der Waals surface area (Å²) in [5.74, 6) is 0.745. The van der Waals surface area contributed by atoms with Gasteiger partial charge in [0.15, 0.2) is 22.8 Å². The molecule has 4 heteroatoms. The monoisotopic (exact) mass is 400 g/mol. The largest absolute Gasteiger partial charge is 0.354 e. The van der Waals surface area contributed by atoms with E-state index in [9.17, 15) is 9.59 Å². The number of epoxide rings is 2. The van der Waals surface area contributed by atoms with Crippen LogP contribution >= 0.6 is 0 Å². The van der Waals surface area contributed by atoms with Gasteiger partial charge in [-0.2, -0.15) is 0 Å². The van der Waals surface area contributed by atoms with Gasteiger partial charge in [0.1, 0.15) is 11.2 Å². The Morgan fingerprint density at radius 3 is 1.41 bits per heavy atom. The lowest BCUT2D eigenvalue weighted by Gasteiger charge is -2.34. The SMILES string of the molecule is O=C1[C@H](C[C@@H]2CCC[C@@]3(OC34CCCCC4)C2=O)CCC[C@]12OC21CCCCC1. The normalized spacial score (nSPS) is 45.2. The van der Waals surface area contributed by atoms with Crippen molar-refractivity contribution in [3.8, 4) is 0 Å². The molecule has 0 amide bonds. The predicted octanol–water partition coefficient (Wildman–Crippen LogP) is 5.06. The summed E-state index contributed by atoms with van der Waals surface area (Å²) in [5, 5.41) is 0. The summed E-state index contributed by atoms with van der Waals surface area (Å²) in [4.78, 5) is 27.1. The molecule has 2 aliphatic heterocycles. The van der Waals surface area contributed by atoms with Crippen LogP contribution in [0.5, 0.6) is 0 Å². The smallest absolute Gasteiger partial charge is 0.170 e. The van der Waals surface area contributed by atoms with Crippen LogP contribution in [0.2, 0.25) is 0 Å². The van der Waals surface area contributed by atoms with E-state index in [1.54, 1.807) is 0 Å². The first-order valence-electron chi connectivity index (χ1n) is 12.6. The second-order valence-corrected chi connectivity index (χ2v) is 11.1. The quantitative estimate of drug-likeness (QED) is 0.608. The van der Waals surface area contributed by atoms with Gasteiger partial charge in [-0.15, -0.1) is 0 Å². The highest BCUT2D eigenvalue weighted by Gasteiger charge is 2.76. The Balaban J connectivity index is 1.17. The molecule has 0 radical (unpaired) electrons. The molecule has 4 nitrogen and oxygen atoms in total. The average Bonchev–Trinajstić information content (AvgIpc) is 3.56. The van der Waals surface area contributed by atoms with Gasteiger partial charge in [0, 0.05) is 11.8 Å². The Labute approximate surface area is 174 Å². The van der Waals surface area contributed by atoms with Crippen molar-refractivity contribution in [1.82, 2.24) is 0 Å². The highest BCUT2D eigenvalue weighted by molar-refractivity contribution is 5.97. The summed E-state index contributed by atoms with van der Waals surface area (Å²) in [6.07, 6.45) is 18.2. The maximum atomic E-state index is 13.6. The molecule has 0 N–H and O–H groups in total. The van der Waals surface area contributed by atoms with E-state index >= 15 is 0 Å². The van der Waals surface area contributed by atoms with E-state index < -0.39 is 11.2 Å². The number of carbonyl (C=O) groups excluding carboxylic acids is 2. The van der Waals surface area contributed by atoms with Gasteiger partial charge in [0.05, 0.1) is 0 Å². The van der Waals surface area contributed by atoms with Crippen LogP contribution in [0.15, 0.2) is 0 Å². The van der Waals surface area contributed by atoms with Crippen LogP contribution in [0.25, 0.3) is 0 Å². The summed E-state index contributed by atoms with van der Waals surface area (Å²) in [6, 6.07) is 0. The Morgan fingerprint density at radius 1 is 0.586 bits per heavy atom. The molecule has 2 saturated heterocycles. The molecule has 4 atom stereocenters. The highest BCUT2D eigenvalue weighted by atomic mass is 16.6. The molecular formula is C25H36O4. The summed E-state index contributed by atoms with van der Waals surface area (Å²) in [7, 11) is 0. The molecule has 4 aliphatic carbocycles. The van der Waals surface area contributed by atoms with Gasteiger partial charge in [-0.1, -0.05) is 38.5 Å². The van der Waals surface area contributed by atoms with Crippen molar-refractivity contribution in [2.45, 2.75) is 132 Å². The molecule has 0 unspecified atom stereocenters. The van der Waals surface area contributed by atoms with Gasteiger partial charge < -0.3 is 9.47 Å². The van der Waals surface area contributed by atoms with E-state index in [2.05, 4.69) is 0 Å². The average molecular weight is 401 g/mol. The van der Waals surface area contributed by atoms with Crippen molar-refractivity contribution in [3.05, 3.63) is 0 Å². The van der Waals surface area contributed by atoms with E-state index in [-0.39, 0.29) is 23.0 Å². The molecule has 4 spiro atoms. The van der Waals surface area contributed by atoms with Crippen molar-refractivity contribution < 1.29 is 19.1 Å². The molecule has 0 bridgehead atoms. The Morgan fingerprint density at radius 2 is 1.00 bits per heavy atom. The first-order chi connectivity index (χ1) is 14.1. The molecular weight excluding hydrogens is 364 g/mol. The Bertz CT molecular complexity index is 656. The molecule has 6 aliphatic rings. The maximum Gasteiger partial charge on any atom is 0.170 e. The number of carbonyl (C=O) groups is 2. The van der Waals surface area contributed by atoms with E-state index in [0.717, 1.165) is 70.6 Å². The maximum absolute atomic E-state index is 13.6. The van der Waals surface area contributed by atoms with Gasteiger partial charge in [-0.3, -0.25) is 9.59 Å². The summed E-state index contributed by atoms with van der Waals surface area (Å²) >= 11 is 0. The topological polar surface area (TPSA) is 59.2 Å². The fraction of sp³-hybridized carbons (Fsp3) is 0.920. The van der Waals surface area contributed by atoms with Gasteiger partial charge >= 0.3 is 0 Å². The molecule has 29 heavy (non-hydrogen) atoms. The standard InChI is InChI=1S/C25H36O4/c26-20-18(9-7-15-24(20)22(28-24)11-3-1-4-12-22)17-19-10-8-16-25(21(19)27)23(29-25)13-5-2-6-14-23/h18-19H,1-17H2/t18-,19-,24-,25+/m0/s1. The van der Waals surface area contributed by atoms with Crippen LogP contribution in [0.3, 0.4) is 0 Å². The molecule has 2 heterocycles. The van der Waals surface area contributed by atoms with Crippen LogP contribution in [0, 0.1) is 11.8 Å². The zero-order valence-electron chi connectivity index (χ0n) is 17.8. The van der Waals surface area contributed by atoms with Crippen molar-refractivity contribution in [3.63, 3.8) is 0 Å². The van der Waals surface area contributed by atoms with Crippen LogP contribution in [0.4, 0.5) is 0 Å². The van der Waals surface area contributed by atoms with Crippen molar-refractivity contribution >= 4 is 11.6 Å². The summed E-state index contributed by atoms with van der Waals surface area (Å²) in [5.41, 5.74) is -1.23. The van der Waals surface area contributed by atoms with Crippen molar-refractivity contribution in [2.75, 3.05) is 0 Å². The number of hydrogen-bond acceptors (Lipinski definition) is 4. The lowest BCUT2D eigenvalue weighted by Crippen LogP contribution is -2.46. The molecule has 160 valence electrons. The van der Waals surface area contributed by atoms with Gasteiger partial charge in [-0.05, 0) is 70.6 Å². The number of hydrogen-bond donors (Lipinski definition) is 0. The second-order valence-electron chi connectivity index (χ2n) is 11.1. The third-order valence-electron chi connectivity index (χ3n) is 9.72. The van der Waals surface area contributed by atoms with Gasteiger partial charge in [0.2, 0.25) is 0 Å². The van der Waals surface area contributed by atoms with E-state index in [4.69, 9.17) is 9.47 Å². The fourth-order valence-electron chi connectivity index (χ4n) is 8.14. The zero-order valence-corrected chi connectivity index (χ0v) is 17.8. The van der Waals surface area contributed by atoms with Crippen molar-refractivity contribution in [2.24, 2.45) is 11.8 Å².